The van der Waals surface area contributed by atoms with Crippen LogP contribution in [0.15, 0.2) is 41.0 Å². The molecule has 2 rings (SSSR count). The van der Waals surface area contributed by atoms with Crippen molar-refractivity contribution in [1.82, 2.24) is 9.88 Å². The van der Waals surface area contributed by atoms with Crippen molar-refractivity contribution < 1.29 is 4.79 Å². The lowest BCUT2D eigenvalue weighted by atomic mass is 10.2. The first kappa shape index (κ1) is 18.7. The summed E-state index contributed by atoms with van der Waals surface area (Å²) in [6.07, 6.45) is 1.93. The second kappa shape index (κ2) is 8.36. The Labute approximate surface area is 145 Å². The smallest absolute Gasteiger partial charge is 0.272 e. The van der Waals surface area contributed by atoms with Crippen molar-refractivity contribution in [3.63, 3.8) is 0 Å². The third-order valence-electron chi connectivity index (χ3n) is 3.17. The van der Waals surface area contributed by atoms with E-state index in [-0.39, 0.29) is 24.4 Å². The largest absolute Gasteiger partial charge is 0.340 e. The van der Waals surface area contributed by atoms with Gasteiger partial charge in [-0.3, -0.25) is 4.79 Å². The summed E-state index contributed by atoms with van der Waals surface area (Å²) >= 11 is 3.43. The van der Waals surface area contributed by atoms with E-state index in [1.807, 2.05) is 48.1 Å². The van der Waals surface area contributed by atoms with Gasteiger partial charge in [0.05, 0.1) is 0 Å². The molecule has 0 fully saturated rings. The van der Waals surface area contributed by atoms with Gasteiger partial charge in [0.1, 0.15) is 5.69 Å². The number of nitrogens with zero attached hydrogens (tertiary/aromatic N) is 1. The molecule has 22 heavy (non-hydrogen) atoms. The molecule has 0 bridgehead atoms. The van der Waals surface area contributed by atoms with Crippen LogP contribution in [0.5, 0.6) is 0 Å². The lowest BCUT2D eigenvalue weighted by Crippen LogP contribution is -2.18. The minimum atomic E-state index is -0.101. The molecule has 0 aliphatic rings. The zero-order valence-corrected chi connectivity index (χ0v) is 15.3. The summed E-state index contributed by atoms with van der Waals surface area (Å²) in [5.41, 5.74) is 2.59. The van der Waals surface area contributed by atoms with Crippen LogP contribution in [0.25, 0.3) is 0 Å². The number of hydrogen-bond acceptors (Lipinski definition) is 2. The predicted octanol–water partition coefficient (Wildman–Crippen LogP) is 4.23. The predicted molar refractivity (Wildman–Crippen MR) is 96.9 cm³/mol. The van der Waals surface area contributed by atoms with Crippen LogP contribution < -0.4 is 10.6 Å². The molecule has 0 aliphatic heterocycles. The molecule has 2 N–H and O–H groups in total. The lowest BCUT2D eigenvalue weighted by molar-refractivity contribution is 0.101. The summed E-state index contributed by atoms with van der Waals surface area (Å²) in [7, 11) is 1.90. The molecule has 0 aliphatic carbocycles. The second-order valence-electron chi connectivity index (χ2n) is 5.23. The Morgan fingerprint density at radius 1 is 1.32 bits per heavy atom. The molecule has 1 aromatic heterocycles. The molecule has 0 radical (unpaired) electrons. The molecule has 0 saturated heterocycles. The summed E-state index contributed by atoms with van der Waals surface area (Å²) in [4.78, 5) is 12.5. The van der Waals surface area contributed by atoms with Gasteiger partial charge in [-0.1, -0.05) is 12.1 Å². The van der Waals surface area contributed by atoms with Crippen molar-refractivity contribution in [2.45, 2.75) is 26.4 Å². The normalized spacial score (nSPS) is 10.4. The van der Waals surface area contributed by atoms with E-state index < -0.39 is 0 Å². The van der Waals surface area contributed by atoms with Gasteiger partial charge < -0.3 is 15.2 Å². The van der Waals surface area contributed by atoms with Gasteiger partial charge in [0.15, 0.2) is 0 Å². The fraction of sp³-hybridized carbons (Fsp3) is 0.312. The van der Waals surface area contributed by atoms with E-state index >= 15 is 0 Å². The summed E-state index contributed by atoms with van der Waals surface area (Å²) < 4.78 is 2.86. The summed E-state index contributed by atoms with van der Waals surface area (Å²) in [5.74, 6) is -0.101. The Morgan fingerprint density at radius 2 is 2.05 bits per heavy atom. The first-order valence-electron chi connectivity index (χ1n) is 6.93. The highest BCUT2D eigenvalue weighted by Crippen LogP contribution is 2.21. The monoisotopic (exact) mass is 385 g/mol. The van der Waals surface area contributed by atoms with Crippen molar-refractivity contribution in [3.05, 3.63) is 52.3 Å². The number of benzene rings is 1. The highest BCUT2D eigenvalue weighted by molar-refractivity contribution is 9.10. The minimum Gasteiger partial charge on any atom is -0.340 e. The van der Waals surface area contributed by atoms with E-state index in [0.717, 1.165) is 22.3 Å². The van der Waals surface area contributed by atoms with Crippen LogP contribution in [0, 0.1) is 0 Å². The number of anilines is 1. The summed E-state index contributed by atoms with van der Waals surface area (Å²) in [5, 5.41) is 6.06. The van der Waals surface area contributed by atoms with Gasteiger partial charge in [-0.15, -0.1) is 12.4 Å². The first-order valence-corrected chi connectivity index (χ1v) is 7.73. The fourth-order valence-corrected chi connectivity index (χ4v) is 2.65. The maximum absolute atomic E-state index is 12.5. The Balaban J connectivity index is 0.00000242. The summed E-state index contributed by atoms with van der Waals surface area (Å²) in [6, 6.07) is 9.92. The van der Waals surface area contributed by atoms with Crippen molar-refractivity contribution >= 4 is 39.9 Å². The molecule has 120 valence electrons. The van der Waals surface area contributed by atoms with Gasteiger partial charge in [0, 0.05) is 28.9 Å². The van der Waals surface area contributed by atoms with Gasteiger partial charge in [0.25, 0.3) is 5.91 Å². The molecular weight excluding hydrogens is 366 g/mol. The SMILES string of the molecule is CNCc1cccc(NC(=O)c2cc(Br)cn2C(C)C)c1.Cl. The van der Waals surface area contributed by atoms with Gasteiger partial charge in [-0.05, 0) is 60.6 Å². The zero-order valence-electron chi connectivity index (χ0n) is 12.9. The Hall–Kier alpha value is -1.30. The number of halogens is 2. The molecule has 1 heterocycles. The van der Waals surface area contributed by atoms with Gasteiger partial charge in [0.2, 0.25) is 0 Å². The number of aromatic nitrogens is 1. The minimum absolute atomic E-state index is 0. The number of carbonyl (C=O) groups is 1. The molecule has 1 aromatic carbocycles. The standard InChI is InChI=1S/C16H20BrN3O.ClH/c1-11(2)20-10-13(17)8-15(20)16(21)19-14-6-4-5-12(7-14)9-18-3;/h4-8,10-11,18H,9H2,1-3H3,(H,19,21);1H. The molecule has 0 atom stereocenters. The quantitative estimate of drug-likeness (QED) is 0.808. The zero-order chi connectivity index (χ0) is 15.4. The van der Waals surface area contributed by atoms with Crippen molar-refractivity contribution in [2.75, 3.05) is 12.4 Å². The fourth-order valence-electron chi connectivity index (χ4n) is 2.21. The summed E-state index contributed by atoms with van der Waals surface area (Å²) in [6.45, 7) is 4.88. The maximum Gasteiger partial charge on any atom is 0.272 e. The molecule has 0 unspecified atom stereocenters. The van der Waals surface area contributed by atoms with Crippen molar-refractivity contribution in [2.24, 2.45) is 0 Å². The number of carbonyl (C=O) groups excluding carboxylic acids is 1. The van der Waals surface area contributed by atoms with Gasteiger partial charge >= 0.3 is 0 Å². The van der Waals surface area contributed by atoms with Crippen LogP contribution in [-0.2, 0) is 6.54 Å². The van der Waals surface area contributed by atoms with Crippen molar-refractivity contribution in [3.8, 4) is 0 Å². The third-order valence-corrected chi connectivity index (χ3v) is 3.60. The van der Waals surface area contributed by atoms with Crippen LogP contribution in [0.2, 0.25) is 0 Å². The Morgan fingerprint density at radius 3 is 2.68 bits per heavy atom. The van der Waals surface area contributed by atoms with Gasteiger partial charge in [-0.25, -0.2) is 0 Å². The number of rotatable bonds is 5. The Bertz CT molecular complexity index is 640. The van der Waals surface area contributed by atoms with Gasteiger partial charge in [-0.2, -0.15) is 0 Å². The third kappa shape index (κ3) is 4.60. The van der Waals surface area contributed by atoms with E-state index in [1.165, 1.54) is 0 Å². The average molecular weight is 387 g/mol. The highest BCUT2D eigenvalue weighted by atomic mass is 79.9. The van der Waals surface area contributed by atoms with Crippen LogP contribution >= 0.6 is 28.3 Å². The molecule has 1 amide bonds. The number of hydrogen-bond donors (Lipinski definition) is 2. The number of amides is 1. The highest BCUT2D eigenvalue weighted by Gasteiger charge is 2.15. The van der Waals surface area contributed by atoms with Crippen LogP contribution in [0.4, 0.5) is 5.69 Å². The number of nitrogens with one attached hydrogen (secondary N) is 2. The van der Waals surface area contributed by atoms with Crippen LogP contribution in [0.1, 0.15) is 35.9 Å². The average Bonchev–Trinajstić information content (AvgIpc) is 2.82. The van der Waals surface area contributed by atoms with E-state index in [2.05, 4.69) is 40.4 Å². The topological polar surface area (TPSA) is 46.1 Å². The lowest BCUT2D eigenvalue weighted by Gasteiger charge is -2.13. The molecule has 2 aromatic rings. The molecular formula is C16H21BrClN3O. The van der Waals surface area contributed by atoms with E-state index in [0.29, 0.717) is 5.69 Å². The van der Waals surface area contributed by atoms with Crippen LogP contribution in [-0.4, -0.2) is 17.5 Å². The molecule has 0 saturated carbocycles. The van der Waals surface area contributed by atoms with E-state index in [4.69, 9.17) is 0 Å². The molecule has 4 nitrogen and oxygen atoms in total. The maximum atomic E-state index is 12.5. The Kier molecular flexibility index (Phi) is 7.13. The second-order valence-corrected chi connectivity index (χ2v) is 6.15. The van der Waals surface area contributed by atoms with Crippen LogP contribution in [0.3, 0.4) is 0 Å². The molecule has 6 heteroatoms. The molecule has 0 spiro atoms. The van der Waals surface area contributed by atoms with Crippen molar-refractivity contribution in [1.29, 1.82) is 0 Å². The first-order chi connectivity index (χ1) is 10.0. The van der Waals surface area contributed by atoms with E-state index in [1.54, 1.807) is 0 Å². The van der Waals surface area contributed by atoms with E-state index in [9.17, 15) is 4.79 Å².